The average molecular weight is 290 g/mol. The van der Waals surface area contributed by atoms with Gasteiger partial charge in [0.15, 0.2) is 6.04 Å². The van der Waals surface area contributed by atoms with Crippen LogP contribution in [0, 0.1) is 0 Å². The predicted octanol–water partition coefficient (Wildman–Crippen LogP) is 2.79. The van der Waals surface area contributed by atoms with Crippen LogP contribution in [-0.4, -0.2) is 35.1 Å². The molecule has 21 heavy (non-hydrogen) atoms. The summed E-state index contributed by atoms with van der Waals surface area (Å²) >= 11 is 0. The molecule has 5 nitrogen and oxygen atoms in total. The fraction of sp³-hybridized carbons (Fsp3) is 0.500. The van der Waals surface area contributed by atoms with Gasteiger partial charge in [-0.1, -0.05) is 49.6 Å². The number of benzene rings is 1. The minimum Gasteiger partial charge on any atom is -0.479 e. The zero-order valence-electron chi connectivity index (χ0n) is 12.3. The van der Waals surface area contributed by atoms with E-state index >= 15 is 0 Å². The van der Waals surface area contributed by atoms with Crippen molar-refractivity contribution in [2.75, 3.05) is 7.05 Å². The van der Waals surface area contributed by atoms with Crippen LogP contribution < -0.4 is 5.32 Å². The zero-order valence-corrected chi connectivity index (χ0v) is 12.3. The molecule has 1 aliphatic carbocycles. The Kier molecular flexibility index (Phi) is 5.20. The van der Waals surface area contributed by atoms with E-state index in [4.69, 9.17) is 0 Å². The summed E-state index contributed by atoms with van der Waals surface area (Å²) in [7, 11) is 1.75. The van der Waals surface area contributed by atoms with Crippen molar-refractivity contribution in [3.63, 3.8) is 0 Å². The molecule has 2 amide bonds. The molecule has 114 valence electrons. The van der Waals surface area contributed by atoms with Crippen LogP contribution in [0.4, 0.5) is 4.79 Å². The highest BCUT2D eigenvalue weighted by Crippen LogP contribution is 2.22. The molecule has 1 saturated carbocycles. The molecule has 1 aromatic rings. The summed E-state index contributed by atoms with van der Waals surface area (Å²) < 4.78 is 0. The Hall–Kier alpha value is -2.04. The van der Waals surface area contributed by atoms with Gasteiger partial charge in [-0.2, -0.15) is 0 Å². The lowest BCUT2D eigenvalue weighted by Gasteiger charge is -2.32. The van der Waals surface area contributed by atoms with Crippen LogP contribution in [0.5, 0.6) is 0 Å². The van der Waals surface area contributed by atoms with Crippen LogP contribution in [0.3, 0.4) is 0 Å². The van der Waals surface area contributed by atoms with E-state index < -0.39 is 12.0 Å². The van der Waals surface area contributed by atoms with Gasteiger partial charge in [0, 0.05) is 13.1 Å². The van der Waals surface area contributed by atoms with Crippen LogP contribution in [0.15, 0.2) is 30.3 Å². The van der Waals surface area contributed by atoms with Crippen LogP contribution in [0.2, 0.25) is 0 Å². The van der Waals surface area contributed by atoms with E-state index in [0.29, 0.717) is 5.56 Å². The molecule has 2 rings (SSSR count). The molecular formula is C16H22N2O3. The molecule has 0 bridgehead atoms. The molecular weight excluding hydrogens is 268 g/mol. The van der Waals surface area contributed by atoms with Crippen molar-refractivity contribution in [1.29, 1.82) is 0 Å². The number of carbonyl (C=O) groups excluding carboxylic acids is 1. The molecule has 0 radical (unpaired) electrons. The number of carboxylic acid groups (broad SMARTS) is 1. The predicted molar refractivity (Wildman–Crippen MR) is 80.0 cm³/mol. The third kappa shape index (κ3) is 3.97. The quantitative estimate of drug-likeness (QED) is 0.896. The highest BCUT2D eigenvalue weighted by atomic mass is 16.4. The molecule has 0 unspecified atom stereocenters. The number of hydrogen-bond donors (Lipinski definition) is 2. The SMILES string of the molecule is CN(C(=O)N[C@H](C(=O)O)c1ccccc1)C1CCCCC1. The Balaban J connectivity index is 2.03. The first-order valence-corrected chi connectivity index (χ1v) is 7.40. The number of hydrogen-bond acceptors (Lipinski definition) is 2. The third-order valence-electron chi connectivity index (χ3n) is 4.09. The van der Waals surface area contributed by atoms with Crippen molar-refractivity contribution >= 4 is 12.0 Å². The summed E-state index contributed by atoms with van der Waals surface area (Å²) in [5, 5.41) is 12.0. The Morgan fingerprint density at radius 1 is 1.19 bits per heavy atom. The Morgan fingerprint density at radius 3 is 2.38 bits per heavy atom. The van der Waals surface area contributed by atoms with Gasteiger partial charge in [-0.25, -0.2) is 9.59 Å². The first-order chi connectivity index (χ1) is 10.1. The molecule has 1 fully saturated rings. The Morgan fingerprint density at radius 2 is 1.81 bits per heavy atom. The van der Waals surface area contributed by atoms with Crippen LogP contribution in [0.25, 0.3) is 0 Å². The van der Waals surface area contributed by atoms with E-state index in [1.54, 1.807) is 36.2 Å². The van der Waals surface area contributed by atoms with E-state index in [2.05, 4.69) is 5.32 Å². The summed E-state index contributed by atoms with van der Waals surface area (Å²) in [6.07, 6.45) is 5.46. The van der Waals surface area contributed by atoms with Crippen molar-refractivity contribution in [2.45, 2.75) is 44.2 Å². The topological polar surface area (TPSA) is 69.6 Å². The lowest BCUT2D eigenvalue weighted by molar-refractivity contribution is -0.139. The first-order valence-electron chi connectivity index (χ1n) is 7.40. The second-order valence-electron chi connectivity index (χ2n) is 5.53. The van der Waals surface area contributed by atoms with Gasteiger partial charge in [-0.05, 0) is 18.4 Å². The maximum atomic E-state index is 12.3. The number of amides is 2. The Labute approximate surface area is 125 Å². The second kappa shape index (κ2) is 7.11. The largest absolute Gasteiger partial charge is 0.479 e. The molecule has 0 heterocycles. The molecule has 0 spiro atoms. The van der Waals surface area contributed by atoms with Crippen LogP contribution in [-0.2, 0) is 4.79 Å². The standard InChI is InChI=1S/C16H22N2O3/c1-18(13-10-6-3-7-11-13)16(21)17-14(15(19)20)12-8-4-2-5-9-12/h2,4-5,8-9,13-14H,3,6-7,10-11H2,1H3,(H,17,21)(H,19,20)/t14-/m0/s1. The molecule has 0 aromatic heterocycles. The molecule has 5 heteroatoms. The highest BCUT2D eigenvalue weighted by Gasteiger charge is 2.27. The number of rotatable bonds is 4. The monoisotopic (exact) mass is 290 g/mol. The summed E-state index contributed by atoms with van der Waals surface area (Å²) in [6.45, 7) is 0. The number of carbonyl (C=O) groups is 2. The van der Waals surface area contributed by atoms with Gasteiger partial charge < -0.3 is 15.3 Å². The van der Waals surface area contributed by atoms with Gasteiger partial charge >= 0.3 is 12.0 Å². The van der Waals surface area contributed by atoms with E-state index in [1.807, 2.05) is 6.07 Å². The van der Waals surface area contributed by atoms with Crippen molar-refractivity contribution in [1.82, 2.24) is 10.2 Å². The molecule has 0 aliphatic heterocycles. The van der Waals surface area contributed by atoms with E-state index in [0.717, 1.165) is 25.7 Å². The van der Waals surface area contributed by atoms with Gasteiger partial charge in [0.05, 0.1) is 0 Å². The number of nitrogens with one attached hydrogen (secondary N) is 1. The number of aliphatic carboxylic acids is 1. The van der Waals surface area contributed by atoms with Crippen molar-refractivity contribution in [3.05, 3.63) is 35.9 Å². The summed E-state index contributed by atoms with van der Waals surface area (Å²) in [5.41, 5.74) is 0.579. The maximum Gasteiger partial charge on any atom is 0.330 e. The number of urea groups is 1. The third-order valence-corrected chi connectivity index (χ3v) is 4.09. The maximum absolute atomic E-state index is 12.3. The second-order valence-corrected chi connectivity index (χ2v) is 5.53. The lowest BCUT2D eigenvalue weighted by Crippen LogP contribution is -2.46. The van der Waals surface area contributed by atoms with Crippen molar-refractivity contribution in [2.24, 2.45) is 0 Å². The summed E-state index contributed by atoms with van der Waals surface area (Å²) in [4.78, 5) is 25.3. The van der Waals surface area contributed by atoms with Gasteiger partial charge in [-0.15, -0.1) is 0 Å². The Bertz CT molecular complexity index is 484. The lowest BCUT2D eigenvalue weighted by atomic mass is 9.95. The summed E-state index contributed by atoms with van der Waals surface area (Å²) in [5.74, 6) is -1.05. The fourth-order valence-electron chi connectivity index (χ4n) is 2.79. The zero-order chi connectivity index (χ0) is 15.2. The normalized spacial score (nSPS) is 17.0. The van der Waals surface area contributed by atoms with Gasteiger partial charge in [0.2, 0.25) is 0 Å². The van der Waals surface area contributed by atoms with Crippen molar-refractivity contribution < 1.29 is 14.7 Å². The molecule has 0 saturated heterocycles. The summed E-state index contributed by atoms with van der Waals surface area (Å²) in [6, 6.07) is 7.65. The molecule has 2 N–H and O–H groups in total. The molecule has 1 aliphatic rings. The number of carboxylic acids is 1. The first kappa shape index (κ1) is 15.4. The van der Waals surface area contributed by atoms with E-state index in [9.17, 15) is 14.7 Å². The average Bonchev–Trinajstić information content (AvgIpc) is 2.53. The molecule has 1 atom stereocenters. The minimum atomic E-state index is -1.05. The minimum absolute atomic E-state index is 0.212. The van der Waals surface area contributed by atoms with Gasteiger partial charge in [0.1, 0.15) is 0 Å². The van der Waals surface area contributed by atoms with E-state index in [-0.39, 0.29) is 12.1 Å². The number of nitrogens with zero attached hydrogens (tertiary/aromatic N) is 1. The molecule has 1 aromatic carbocycles. The smallest absolute Gasteiger partial charge is 0.330 e. The highest BCUT2D eigenvalue weighted by molar-refractivity contribution is 5.83. The van der Waals surface area contributed by atoms with Crippen LogP contribution in [0.1, 0.15) is 43.7 Å². The van der Waals surface area contributed by atoms with E-state index in [1.165, 1.54) is 6.42 Å². The fourth-order valence-corrected chi connectivity index (χ4v) is 2.79. The van der Waals surface area contributed by atoms with Gasteiger partial charge in [-0.3, -0.25) is 0 Å². The van der Waals surface area contributed by atoms with Crippen LogP contribution >= 0.6 is 0 Å². The van der Waals surface area contributed by atoms with Gasteiger partial charge in [0.25, 0.3) is 0 Å². The van der Waals surface area contributed by atoms with Crippen molar-refractivity contribution in [3.8, 4) is 0 Å².